The van der Waals surface area contributed by atoms with E-state index in [1.807, 2.05) is 35.2 Å². The van der Waals surface area contributed by atoms with Crippen molar-refractivity contribution in [1.29, 1.82) is 0 Å². The average molecular weight is 324 g/mol. The van der Waals surface area contributed by atoms with Crippen LogP contribution in [0.15, 0.2) is 36.5 Å². The number of rotatable bonds is 2. The van der Waals surface area contributed by atoms with Gasteiger partial charge in [-0.1, -0.05) is 30.3 Å². The van der Waals surface area contributed by atoms with Crippen molar-refractivity contribution < 1.29 is 9.53 Å². The number of nitrogens with zero attached hydrogens (tertiary/aromatic N) is 3. The number of benzene rings is 1. The summed E-state index contributed by atoms with van der Waals surface area (Å²) in [5.41, 5.74) is 7.63. The summed E-state index contributed by atoms with van der Waals surface area (Å²) in [5.74, 6) is 0.321. The molecule has 1 aromatic carbocycles. The minimum absolute atomic E-state index is 0.0358. The smallest absolute Gasteiger partial charge is 0.259 e. The van der Waals surface area contributed by atoms with Gasteiger partial charge in [0.25, 0.3) is 5.91 Å². The molecule has 1 aromatic heterocycles. The van der Waals surface area contributed by atoms with E-state index >= 15 is 0 Å². The van der Waals surface area contributed by atoms with Crippen molar-refractivity contribution in [3.05, 3.63) is 53.3 Å². The van der Waals surface area contributed by atoms with Gasteiger partial charge in [0, 0.05) is 37.9 Å². The Morgan fingerprint density at radius 1 is 1.29 bits per heavy atom. The van der Waals surface area contributed by atoms with Gasteiger partial charge < -0.3 is 15.4 Å². The van der Waals surface area contributed by atoms with Crippen LogP contribution in [0, 0.1) is 0 Å². The Balaban J connectivity index is 1.64. The van der Waals surface area contributed by atoms with Gasteiger partial charge in [0.2, 0.25) is 5.95 Å². The van der Waals surface area contributed by atoms with Crippen LogP contribution >= 0.6 is 0 Å². The summed E-state index contributed by atoms with van der Waals surface area (Å²) < 4.78 is 6.01. The molecule has 6 nitrogen and oxygen atoms in total. The molecular weight excluding hydrogens is 304 g/mol. The van der Waals surface area contributed by atoms with Crippen LogP contribution in [-0.2, 0) is 28.1 Å². The van der Waals surface area contributed by atoms with Crippen LogP contribution in [0.5, 0.6) is 0 Å². The molecule has 2 aromatic rings. The zero-order valence-electron chi connectivity index (χ0n) is 13.4. The monoisotopic (exact) mass is 324 g/mol. The lowest BCUT2D eigenvalue weighted by Crippen LogP contribution is -2.48. The molecule has 124 valence electrons. The van der Waals surface area contributed by atoms with Crippen LogP contribution in [0.1, 0.15) is 29.7 Å². The third-order valence-corrected chi connectivity index (χ3v) is 4.85. The summed E-state index contributed by atoms with van der Waals surface area (Å²) in [4.78, 5) is 23.5. The van der Waals surface area contributed by atoms with E-state index < -0.39 is 5.60 Å². The maximum Gasteiger partial charge on any atom is 0.259 e. The topological polar surface area (TPSA) is 81.3 Å². The van der Waals surface area contributed by atoms with E-state index in [4.69, 9.17) is 10.5 Å². The highest BCUT2D eigenvalue weighted by atomic mass is 16.5. The van der Waals surface area contributed by atoms with E-state index in [1.165, 1.54) is 0 Å². The van der Waals surface area contributed by atoms with Crippen molar-refractivity contribution in [2.75, 3.05) is 18.9 Å². The first-order valence-electron chi connectivity index (χ1n) is 8.28. The summed E-state index contributed by atoms with van der Waals surface area (Å²) in [6.45, 7) is 1.75. The van der Waals surface area contributed by atoms with Crippen molar-refractivity contribution in [2.24, 2.45) is 0 Å². The van der Waals surface area contributed by atoms with E-state index in [-0.39, 0.29) is 11.9 Å². The Kier molecular flexibility index (Phi) is 3.69. The molecule has 0 radical (unpaired) electrons. The number of fused-ring (bicyclic) bond motifs is 1. The average Bonchev–Trinajstić information content (AvgIpc) is 3.12. The highest BCUT2D eigenvalue weighted by Crippen LogP contribution is 2.38. The summed E-state index contributed by atoms with van der Waals surface area (Å²) in [6, 6.07) is 9.81. The van der Waals surface area contributed by atoms with Gasteiger partial charge in [-0.2, -0.15) is 0 Å². The van der Waals surface area contributed by atoms with Crippen molar-refractivity contribution in [3.8, 4) is 0 Å². The van der Waals surface area contributed by atoms with Gasteiger partial charge in [-0.3, -0.25) is 4.79 Å². The molecule has 0 spiro atoms. The van der Waals surface area contributed by atoms with Crippen molar-refractivity contribution in [2.45, 2.75) is 31.4 Å². The molecule has 2 aliphatic rings. The first kappa shape index (κ1) is 15.1. The number of ether oxygens (including phenoxy) is 1. The Labute approximate surface area is 140 Å². The highest BCUT2D eigenvalue weighted by Gasteiger charge is 2.47. The van der Waals surface area contributed by atoms with Gasteiger partial charge in [0.05, 0.1) is 5.69 Å². The molecule has 24 heavy (non-hydrogen) atoms. The number of hydrogen-bond acceptors (Lipinski definition) is 5. The molecule has 3 heterocycles. The molecule has 2 N–H and O–H groups in total. The predicted molar refractivity (Wildman–Crippen MR) is 88.9 cm³/mol. The van der Waals surface area contributed by atoms with E-state index in [0.29, 0.717) is 26.1 Å². The third-order valence-electron chi connectivity index (χ3n) is 4.85. The first-order chi connectivity index (χ1) is 11.7. The highest BCUT2D eigenvalue weighted by molar-refractivity contribution is 5.87. The lowest BCUT2D eigenvalue weighted by atomic mass is 9.88. The first-order valence-corrected chi connectivity index (χ1v) is 8.28. The van der Waals surface area contributed by atoms with Crippen molar-refractivity contribution in [1.82, 2.24) is 14.9 Å². The molecule has 1 unspecified atom stereocenters. The predicted octanol–water partition coefficient (Wildman–Crippen LogP) is 1.65. The van der Waals surface area contributed by atoms with Crippen LogP contribution < -0.4 is 5.73 Å². The second-order valence-corrected chi connectivity index (χ2v) is 6.32. The number of carbonyl (C=O) groups excluding carboxylic acids is 1. The molecule has 0 aliphatic carbocycles. The number of hydrogen-bond donors (Lipinski definition) is 1. The number of nitrogens with two attached hydrogens (primary N) is 1. The summed E-state index contributed by atoms with van der Waals surface area (Å²) in [5, 5.41) is 0. The number of aromatic nitrogens is 2. The van der Waals surface area contributed by atoms with Crippen LogP contribution in [0.2, 0.25) is 0 Å². The van der Waals surface area contributed by atoms with E-state index in [9.17, 15) is 4.79 Å². The van der Waals surface area contributed by atoms with Gasteiger partial charge >= 0.3 is 0 Å². The van der Waals surface area contributed by atoms with Crippen molar-refractivity contribution >= 4 is 11.9 Å². The minimum Gasteiger partial charge on any atom is -0.368 e. The standard InChI is InChI=1S/C18H20N4O2/c19-17-20-11-13-12-22(9-7-15(13)21-17)16(23)18(8-4-10-24-18)14-5-2-1-3-6-14/h1-3,5-6,11H,4,7-10,12H2,(H2,19,20,21). The van der Waals surface area contributed by atoms with Gasteiger partial charge in [-0.05, 0) is 18.4 Å². The van der Waals surface area contributed by atoms with Gasteiger partial charge in [-0.25, -0.2) is 9.97 Å². The fraction of sp³-hybridized carbons (Fsp3) is 0.389. The second kappa shape index (κ2) is 5.87. The largest absolute Gasteiger partial charge is 0.368 e. The third kappa shape index (κ3) is 2.43. The van der Waals surface area contributed by atoms with Gasteiger partial charge in [0.1, 0.15) is 0 Å². The van der Waals surface area contributed by atoms with Crippen molar-refractivity contribution in [3.63, 3.8) is 0 Å². The number of nitrogen functional groups attached to an aromatic ring is 1. The second-order valence-electron chi connectivity index (χ2n) is 6.32. The Bertz CT molecular complexity index is 757. The lowest BCUT2D eigenvalue weighted by molar-refractivity contribution is -0.155. The zero-order chi connectivity index (χ0) is 16.6. The summed E-state index contributed by atoms with van der Waals surface area (Å²) in [6.07, 6.45) is 4.03. The molecule has 1 saturated heterocycles. The molecule has 0 bridgehead atoms. The summed E-state index contributed by atoms with van der Waals surface area (Å²) >= 11 is 0. The summed E-state index contributed by atoms with van der Waals surface area (Å²) in [7, 11) is 0. The van der Waals surface area contributed by atoms with Crippen LogP contribution in [0.25, 0.3) is 0 Å². The maximum atomic E-state index is 13.3. The van der Waals surface area contributed by atoms with Gasteiger partial charge in [-0.15, -0.1) is 0 Å². The molecule has 1 amide bonds. The molecule has 4 rings (SSSR count). The zero-order valence-corrected chi connectivity index (χ0v) is 13.4. The normalized spacial score (nSPS) is 23.1. The van der Waals surface area contributed by atoms with E-state index in [2.05, 4.69) is 9.97 Å². The Morgan fingerprint density at radius 2 is 2.12 bits per heavy atom. The Morgan fingerprint density at radius 3 is 2.88 bits per heavy atom. The molecule has 1 atom stereocenters. The molecule has 0 saturated carbocycles. The fourth-order valence-electron chi connectivity index (χ4n) is 3.63. The van der Waals surface area contributed by atoms with Crippen LogP contribution in [0.3, 0.4) is 0 Å². The van der Waals surface area contributed by atoms with Crippen LogP contribution in [0.4, 0.5) is 5.95 Å². The SMILES string of the molecule is Nc1ncc2c(n1)CCN(C(=O)C1(c3ccccc3)CCCO1)C2. The van der Waals surface area contributed by atoms with E-state index in [0.717, 1.165) is 29.7 Å². The molecule has 1 fully saturated rings. The maximum absolute atomic E-state index is 13.3. The van der Waals surface area contributed by atoms with Gasteiger partial charge in [0.15, 0.2) is 5.60 Å². The fourth-order valence-corrected chi connectivity index (χ4v) is 3.63. The number of carbonyl (C=O) groups is 1. The number of amides is 1. The van der Waals surface area contributed by atoms with E-state index in [1.54, 1.807) is 6.20 Å². The molecule has 6 heteroatoms. The quantitative estimate of drug-likeness (QED) is 0.908. The molecular formula is C18H20N4O2. The van der Waals surface area contributed by atoms with Crippen LogP contribution in [-0.4, -0.2) is 33.9 Å². The molecule has 2 aliphatic heterocycles. The lowest BCUT2D eigenvalue weighted by Gasteiger charge is -2.36. The Hall–Kier alpha value is -2.47. The minimum atomic E-state index is -0.854. The number of anilines is 1.